The summed E-state index contributed by atoms with van der Waals surface area (Å²) in [6.45, 7) is 13.7. The van der Waals surface area contributed by atoms with E-state index < -0.39 is 12.9 Å². The van der Waals surface area contributed by atoms with Crippen LogP contribution in [0, 0.1) is 38.2 Å². The van der Waals surface area contributed by atoms with Gasteiger partial charge in [-0.05, 0) is 115 Å². The van der Waals surface area contributed by atoms with Gasteiger partial charge in [0.2, 0.25) is 5.79 Å². The molecule has 0 atom stereocenters. The third kappa shape index (κ3) is 4.23. The molecule has 0 radical (unpaired) electrons. The normalized spacial score (nSPS) is 14.2. The predicted molar refractivity (Wildman–Crippen MR) is 151 cm³/mol. The van der Waals surface area contributed by atoms with Crippen LogP contribution in [-0.2, 0) is 4.57 Å². The number of benzene rings is 3. The van der Waals surface area contributed by atoms with Gasteiger partial charge in [0.05, 0.1) is 17.8 Å². The molecule has 0 saturated carbocycles. The number of halogens is 1. The van der Waals surface area contributed by atoms with Crippen LogP contribution < -0.4 is 34.9 Å². The fourth-order valence-electron chi connectivity index (χ4n) is 4.98. The maximum absolute atomic E-state index is 15.6. The van der Waals surface area contributed by atoms with Crippen molar-refractivity contribution in [2.45, 2.75) is 54.3 Å². The molecular weight excluding hydrogens is 574 g/mol. The van der Waals surface area contributed by atoms with Crippen molar-refractivity contribution in [2.75, 3.05) is 14.2 Å². The highest BCUT2D eigenvalue weighted by Crippen LogP contribution is 2.52. The van der Waals surface area contributed by atoms with Gasteiger partial charge in [-0.15, -0.1) is 0 Å². The highest BCUT2D eigenvalue weighted by molar-refractivity contribution is 14.1. The van der Waals surface area contributed by atoms with Crippen LogP contribution in [0.5, 0.6) is 23.0 Å². The number of ether oxygens (including phenoxy) is 4. The first-order valence-electron chi connectivity index (χ1n) is 11.5. The van der Waals surface area contributed by atoms with E-state index >= 15 is 4.57 Å². The van der Waals surface area contributed by atoms with Crippen molar-refractivity contribution < 1.29 is 23.5 Å². The average molecular weight is 606 g/mol. The molecule has 0 unspecified atom stereocenters. The lowest BCUT2D eigenvalue weighted by atomic mass is 10.1. The van der Waals surface area contributed by atoms with Crippen molar-refractivity contribution in [3.05, 3.63) is 61.7 Å². The topological polar surface area (TPSA) is 54.0 Å². The quantitative estimate of drug-likeness (QED) is 0.264. The molecule has 35 heavy (non-hydrogen) atoms. The Balaban J connectivity index is 2.10. The highest BCUT2D eigenvalue weighted by atomic mass is 127. The molecule has 186 valence electrons. The Morgan fingerprint density at radius 2 is 1.11 bits per heavy atom. The molecular formula is C28H32IO5P. The fraction of sp³-hybridized carbons (Fsp3) is 0.357. The smallest absolute Gasteiger partial charge is 0.246 e. The molecule has 5 nitrogen and oxygen atoms in total. The van der Waals surface area contributed by atoms with E-state index in [1.165, 1.54) is 0 Å². The summed E-state index contributed by atoms with van der Waals surface area (Å²) in [6.07, 6.45) is 0. The van der Waals surface area contributed by atoms with Crippen LogP contribution in [0.4, 0.5) is 0 Å². The van der Waals surface area contributed by atoms with Crippen LogP contribution in [0.2, 0.25) is 0 Å². The summed E-state index contributed by atoms with van der Waals surface area (Å²) in [5.74, 6) is 2.19. The highest BCUT2D eigenvalue weighted by Gasteiger charge is 2.40. The lowest BCUT2D eigenvalue weighted by Gasteiger charge is -2.25. The Morgan fingerprint density at radius 3 is 1.51 bits per heavy atom. The van der Waals surface area contributed by atoms with Gasteiger partial charge in [0, 0.05) is 29.8 Å². The molecule has 4 rings (SSSR count). The molecule has 0 saturated heterocycles. The van der Waals surface area contributed by atoms with Crippen molar-refractivity contribution in [3.63, 3.8) is 0 Å². The van der Waals surface area contributed by atoms with Gasteiger partial charge in [-0.3, -0.25) is 0 Å². The van der Waals surface area contributed by atoms with Crippen LogP contribution in [0.3, 0.4) is 0 Å². The Hall–Kier alpha value is -2.18. The average Bonchev–Trinajstić information content (AvgIpc) is 3.11. The third-order valence-electron chi connectivity index (χ3n) is 6.40. The molecule has 0 spiro atoms. The van der Waals surface area contributed by atoms with Gasteiger partial charge in [0.1, 0.15) is 11.5 Å². The molecule has 1 aliphatic heterocycles. The zero-order valence-corrected chi connectivity index (χ0v) is 24.8. The lowest BCUT2D eigenvalue weighted by molar-refractivity contribution is -0.0437. The summed E-state index contributed by atoms with van der Waals surface area (Å²) in [7, 11) is -0.0109. The largest absolute Gasteiger partial charge is 0.496 e. The molecule has 3 aromatic carbocycles. The first kappa shape index (κ1) is 25.9. The Bertz CT molecular complexity index is 1280. The molecule has 0 fully saturated rings. The summed E-state index contributed by atoms with van der Waals surface area (Å²) in [5, 5.41) is 2.25. The van der Waals surface area contributed by atoms with E-state index in [-0.39, 0.29) is 0 Å². The summed E-state index contributed by atoms with van der Waals surface area (Å²) in [4.78, 5) is 0. The van der Waals surface area contributed by atoms with Crippen molar-refractivity contribution in [2.24, 2.45) is 0 Å². The first-order chi connectivity index (χ1) is 16.3. The minimum Gasteiger partial charge on any atom is -0.496 e. The fourth-order valence-corrected chi connectivity index (χ4v) is 9.62. The number of hydrogen-bond donors (Lipinski definition) is 0. The van der Waals surface area contributed by atoms with E-state index in [9.17, 15) is 0 Å². The number of hydrogen-bond acceptors (Lipinski definition) is 5. The van der Waals surface area contributed by atoms with E-state index in [0.717, 1.165) is 58.8 Å². The van der Waals surface area contributed by atoms with Gasteiger partial charge in [-0.25, -0.2) is 0 Å². The number of fused-ring (bicyclic) bond motifs is 1. The maximum Gasteiger partial charge on any atom is 0.246 e. The minimum atomic E-state index is -3.34. The molecule has 7 heteroatoms. The van der Waals surface area contributed by atoms with Gasteiger partial charge in [-0.1, -0.05) is 0 Å². The number of aryl methyl sites for hydroxylation is 5. The molecule has 1 aliphatic rings. The minimum absolute atomic E-state index is 0.648. The van der Waals surface area contributed by atoms with Gasteiger partial charge < -0.3 is 23.5 Å². The van der Waals surface area contributed by atoms with Gasteiger partial charge in [-0.2, -0.15) is 0 Å². The van der Waals surface area contributed by atoms with Gasteiger partial charge in [0.15, 0.2) is 18.6 Å². The van der Waals surface area contributed by atoms with E-state index in [1.807, 2.05) is 78.8 Å². The Morgan fingerprint density at radius 1 is 0.714 bits per heavy atom. The predicted octanol–water partition coefficient (Wildman–Crippen LogP) is 6.00. The zero-order valence-electron chi connectivity index (χ0n) is 21.8. The Kier molecular flexibility index (Phi) is 6.69. The Labute approximate surface area is 221 Å². The third-order valence-corrected chi connectivity index (χ3v) is 10.9. The number of rotatable bonds is 5. The second-order valence-corrected chi connectivity index (χ2v) is 13.4. The lowest BCUT2D eigenvalue weighted by Crippen LogP contribution is -2.30. The monoisotopic (exact) mass is 606 g/mol. The van der Waals surface area contributed by atoms with Crippen molar-refractivity contribution in [3.8, 4) is 23.0 Å². The molecule has 0 aromatic heterocycles. The zero-order chi connectivity index (χ0) is 25.9. The van der Waals surface area contributed by atoms with Crippen molar-refractivity contribution in [1.29, 1.82) is 0 Å². The maximum atomic E-state index is 15.6. The van der Waals surface area contributed by atoms with Crippen LogP contribution in [0.15, 0.2) is 30.3 Å². The van der Waals surface area contributed by atoms with Crippen molar-refractivity contribution in [1.82, 2.24) is 0 Å². The van der Waals surface area contributed by atoms with Crippen molar-refractivity contribution >= 4 is 45.6 Å². The molecule has 0 amide bonds. The molecule has 0 aliphatic carbocycles. The standard InChI is InChI=1S/C28H32IO5P/c1-15-10-20(11-16(2)24(15)31-8)35(30,21-12-17(3)25(32-9)18(4)13-21)22-14-19(5)26-27(23(22)29)34-28(6,7)33-26/h10-14H,1-9H3. The molecule has 0 bridgehead atoms. The van der Waals surface area contributed by atoms with Gasteiger partial charge >= 0.3 is 0 Å². The van der Waals surface area contributed by atoms with Crippen LogP contribution >= 0.6 is 29.7 Å². The van der Waals surface area contributed by atoms with Gasteiger partial charge in [0.25, 0.3) is 0 Å². The summed E-state index contributed by atoms with van der Waals surface area (Å²) < 4.78 is 39.9. The van der Waals surface area contributed by atoms with Crippen LogP contribution in [-0.4, -0.2) is 20.0 Å². The SMILES string of the molecule is COc1c(C)cc(P(=O)(c2cc(C)c(OC)c(C)c2)c2cc(C)c3c(c2I)OC(C)(C)O3)cc1C. The molecule has 1 heterocycles. The van der Waals surface area contributed by atoms with E-state index in [2.05, 4.69) is 22.6 Å². The summed E-state index contributed by atoms with van der Waals surface area (Å²) in [6, 6.07) is 9.95. The summed E-state index contributed by atoms with van der Waals surface area (Å²) in [5.41, 5.74) is 4.67. The van der Waals surface area contributed by atoms with Crippen LogP contribution in [0.1, 0.15) is 41.7 Å². The van der Waals surface area contributed by atoms with E-state index in [4.69, 9.17) is 18.9 Å². The van der Waals surface area contributed by atoms with E-state index in [1.54, 1.807) is 14.2 Å². The molecule has 0 N–H and O–H groups in total. The summed E-state index contributed by atoms with van der Waals surface area (Å²) >= 11 is 2.25. The number of methoxy groups -OCH3 is 2. The van der Waals surface area contributed by atoms with E-state index in [0.29, 0.717) is 11.5 Å². The molecule has 3 aromatic rings. The van der Waals surface area contributed by atoms with Crippen LogP contribution in [0.25, 0.3) is 0 Å². The second kappa shape index (κ2) is 9.04. The second-order valence-electron chi connectivity index (χ2n) is 9.62. The first-order valence-corrected chi connectivity index (χ1v) is 14.3.